The lowest BCUT2D eigenvalue weighted by atomic mass is 9.89. The van der Waals surface area contributed by atoms with E-state index in [9.17, 15) is 19.1 Å². The Morgan fingerprint density at radius 3 is 2.75 bits per heavy atom. The number of hydrogen-bond donors (Lipinski definition) is 2. The number of aromatic hydroxyl groups is 1. The molecule has 1 atom stereocenters. The Kier molecular flexibility index (Phi) is 5.79. The van der Waals surface area contributed by atoms with E-state index in [1.165, 1.54) is 18.3 Å². The topological polar surface area (TPSA) is 115 Å². The molecule has 188 valence electrons. The van der Waals surface area contributed by atoms with Crippen LogP contribution in [-0.2, 0) is 6.42 Å². The predicted octanol–water partition coefficient (Wildman–Crippen LogP) is 1.90. The molecule has 10 nitrogen and oxygen atoms in total. The summed E-state index contributed by atoms with van der Waals surface area (Å²) in [4.78, 5) is 31.6. The van der Waals surface area contributed by atoms with Gasteiger partial charge in [0.2, 0.25) is 18.4 Å². The molecule has 3 heterocycles. The zero-order valence-corrected chi connectivity index (χ0v) is 20.1. The number of halogens is 1. The fraction of sp³-hybridized carbons (Fsp3) is 0.320. The van der Waals surface area contributed by atoms with Crippen molar-refractivity contribution in [3.63, 3.8) is 0 Å². The summed E-state index contributed by atoms with van der Waals surface area (Å²) in [7, 11) is 5.76. The lowest BCUT2D eigenvalue weighted by Crippen LogP contribution is -2.49. The number of nitrogens with one attached hydrogen (secondary N) is 1. The largest absolute Gasteiger partial charge is 0.493 e. The van der Waals surface area contributed by atoms with Crippen molar-refractivity contribution in [2.24, 2.45) is 4.99 Å². The van der Waals surface area contributed by atoms with Gasteiger partial charge in [0, 0.05) is 12.6 Å². The van der Waals surface area contributed by atoms with E-state index in [0.29, 0.717) is 21.7 Å². The van der Waals surface area contributed by atoms with Crippen LogP contribution in [-0.4, -0.2) is 66.4 Å². The fourth-order valence-corrected chi connectivity index (χ4v) is 4.81. The summed E-state index contributed by atoms with van der Waals surface area (Å²) in [6.07, 6.45) is 2.07. The Morgan fingerprint density at radius 2 is 2.03 bits per heavy atom. The number of rotatable bonds is 5. The predicted molar refractivity (Wildman–Crippen MR) is 129 cm³/mol. The number of benzene rings is 2. The second-order valence-corrected chi connectivity index (χ2v) is 9.29. The highest BCUT2D eigenvalue weighted by molar-refractivity contribution is 5.82. The summed E-state index contributed by atoms with van der Waals surface area (Å²) in [5, 5.41) is 10.8. The molecule has 0 amide bonds. The van der Waals surface area contributed by atoms with Gasteiger partial charge in [0.05, 0.1) is 45.5 Å². The quantitative estimate of drug-likeness (QED) is 0.411. The first-order valence-corrected chi connectivity index (χ1v) is 11.4. The van der Waals surface area contributed by atoms with Crippen molar-refractivity contribution in [1.29, 1.82) is 0 Å². The average molecular weight is 498 g/mol. The normalized spacial score (nSPS) is 17.8. The first kappa shape index (κ1) is 23.6. The molecule has 0 saturated carbocycles. The van der Waals surface area contributed by atoms with Crippen LogP contribution in [0.1, 0.15) is 22.7 Å². The molecule has 0 bridgehead atoms. The first-order valence-electron chi connectivity index (χ1n) is 11.4. The zero-order chi connectivity index (χ0) is 25.6. The molecule has 0 radical (unpaired) electrons. The van der Waals surface area contributed by atoms with Crippen molar-refractivity contribution in [2.75, 3.05) is 41.1 Å². The summed E-state index contributed by atoms with van der Waals surface area (Å²) >= 11 is 0. The molecule has 0 spiro atoms. The second-order valence-electron chi connectivity index (χ2n) is 9.29. The molecule has 2 aliphatic heterocycles. The molecule has 1 aromatic heterocycles. The maximum atomic E-state index is 13.3. The minimum absolute atomic E-state index is 0.126. The van der Waals surface area contributed by atoms with Gasteiger partial charge in [-0.1, -0.05) is 0 Å². The lowest BCUT2D eigenvalue weighted by Gasteiger charge is -2.42. The number of aliphatic imine (C=N–C) groups is 1. The highest BCUT2D eigenvalue weighted by Gasteiger charge is 2.41. The lowest BCUT2D eigenvalue weighted by molar-refractivity contribution is -0.921. The SMILES string of the molecule is COc1c2c(cc3c1[C@@H](CN=Cc1c(O)n(-c4ccc(F)cc4)c(=O)[nH]c1=O)[N+](C)(C)CC3)OCO2. The van der Waals surface area contributed by atoms with Crippen molar-refractivity contribution >= 4 is 6.21 Å². The Hall–Kier alpha value is -4.12. The van der Waals surface area contributed by atoms with E-state index >= 15 is 0 Å². The van der Waals surface area contributed by atoms with E-state index in [4.69, 9.17) is 14.2 Å². The number of nitrogens with zero attached hydrogens (tertiary/aromatic N) is 3. The van der Waals surface area contributed by atoms with Crippen LogP contribution in [0.3, 0.4) is 0 Å². The van der Waals surface area contributed by atoms with Gasteiger partial charge in [-0.15, -0.1) is 0 Å². The highest BCUT2D eigenvalue weighted by Crippen LogP contribution is 2.50. The number of methoxy groups -OCH3 is 1. The van der Waals surface area contributed by atoms with Gasteiger partial charge in [0.15, 0.2) is 11.5 Å². The maximum absolute atomic E-state index is 13.3. The van der Waals surface area contributed by atoms with Gasteiger partial charge in [-0.3, -0.25) is 14.8 Å². The van der Waals surface area contributed by atoms with Gasteiger partial charge in [-0.2, -0.15) is 0 Å². The van der Waals surface area contributed by atoms with Crippen molar-refractivity contribution in [1.82, 2.24) is 9.55 Å². The number of ether oxygens (including phenoxy) is 3. The molecule has 2 N–H and O–H groups in total. The third kappa shape index (κ3) is 3.91. The molecule has 36 heavy (non-hydrogen) atoms. The van der Waals surface area contributed by atoms with Crippen LogP contribution >= 0.6 is 0 Å². The van der Waals surface area contributed by atoms with Crippen LogP contribution in [0.25, 0.3) is 5.69 Å². The fourth-order valence-electron chi connectivity index (χ4n) is 4.81. The Labute approximate surface area is 205 Å². The number of fused-ring (bicyclic) bond motifs is 2. The van der Waals surface area contributed by atoms with Crippen LogP contribution < -0.4 is 25.5 Å². The van der Waals surface area contributed by atoms with Crippen molar-refractivity contribution in [3.05, 3.63) is 73.7 Å². The smallest absolute Gasteiger partial charge is 0.335 e. The highest BCUT2D eigenvalue weighted by atomic mass is 19.1. The van der Waals surface area contributed by atoms with Crippen LogP contribution in [0.4, 0.5) is 4.39 Å². The van der Waals surface area contributed by atoms with Crippen LogP contribution in [0.15, 0.2) is 44.9 Å². The monoisotopic (exact) mass is 497 g/mol. The van der Waals surface area contributed by atoms with Gasteiger partial charge < -0.3 is 23.8 Å². The summed E-state index contributed by atoms with van der Waals surface area (Å²) < 4.78 is 31.8. The number of hydrogen-bond acceptors (Lipinski definition) is 7. The molecule has 0 unspecified atom stereocenters. The number of aromatic amines is 1. The minimum atomic E-state index is -0.846. The Morgan fingerprint density at radius 1 is 1.28 bits per heavy atom. The standard InChI is InChI=1S/C25H25FN4O6/c1-30(2)9-8-14-10-19-21(36-13-35-19)22(34-3)20(14)18(30)12-27-11-17-23(31)28-25(33)29(24(17)32)16-6-4-15(26)5-7-16/h4-7,10-11,18H,8-9,12-13H2,1-3H3,(H-,27,28,31,32,33)/p+1/t18-/m1/s1. The molecule has 0 saturated heterocycles. The summed E-state index contributed by atoms with van der Waals surface area (Å²) in [5.74, 6) is 0.741. The van der Waals surface area contributed by atoms with Crippen molar-refractivity contribution in [2.45, 2.75) is 12.5 Å². The third-order valence-electron chi connectivity index (χ3n) is 6.79. The van der Waals surface area contributed by atoms with Crippen molar-refractivity contribution < 1.29 is 28.2 Å². The molecular formula is C25H26FN4O6+. The number of likely N-dealkylation sites (N-methyl/N-ethyl adjacent to an activating group) is 1. The van der Waals surface area contributed by atoms with Crippen LogP contribution in [0.2, 0.25) is 0 Å². The molecule has 11 heteroatoms. The van der Waals surface area contributed by atoms with Crippen LogP contribution in [0.5, 0.6) is 23.1 Å². The number of H-pyrrole nitrogens is 1. The molecule has 2 aromatic carbocycles. The molecule has 0 fully saturated rings. The van der Waals surface area contributed by atoms with E-state index < -0.39 is 22.9 Å². The van der Waals surface area contributed by atoms with E-state index in [1.807, 2.05) is 6.07 Å². The number of aromatic nitrogens is 2. The molecule has 0 aliphatic carbocycles. The molecule has 5 rings (SSSR count). The van der Waals surface area contributed by atoms with E-state index in [2.05, 4.69) is 24.1 Å². The van der Waals surface area contributed by atoms with Gasteiger partial charge in [-0.05, 0) is 35.9 Å². The van der Waals surface area contributed by atoms with Gasteiger partial charge >= 0.3 is 5.69 Å². The first-order chi connectivity index (χ1) is 17.2. The third-order valence-corrected chi connectivity index (χ3v) is 6.79. The van der Waals surface area contributed by atoms with Gasteiger partial charge in [-0.25, -0.2) is 13.8 Å². The zero-order valence-electron chi connectivity index (χ0n) is 20.1. The maximum Gasteiger partial charge on any atom is 0.335 e. The van der Waals surface area contributed by atoms with E-state index in [-0.39, 0.29) is 30.6 Å². The van der Waals surface area contributed by atoms with Gasteiger partial charge in [0.1, 0.15) is 17.4 Å². The summed E-state index contributed by atoms with van der Waals surface area (Å²) in [6.45, 7) is 1.24. The Bertz CT molecular complexity index is 1480. The Balaban J connectivity index is 1.53. The summed E-state index contributed by atoms with van der Waals surface area (Å²) in [6, 6.07) is 6.79. The number of quaternary nitrogens is 1. The van der Waals surface area contributed by atoms with Crippen LogP contribution in [0, 0.1) is 5.82 Å². The van der Waals surface area contributed by atoms with Gasteiger partial charge in [0.25, 0.3) is 5.56 Å². The summed E-state index contributed by atoms with van der Waals surface area (Å²) in [5.41, 5.74) is 0.436. The molecule has 3 aromatic rings. The second kappa shape index (κ2) is 8.83. The average Bonchev–Trinajstić information content (AvgIpc) is 3.30. The molecular weight excluding hydrogens is 471 g/mol. The van der Waals surface area contributed by atoms with Crippen molar-refractivity contribution in [3.8, 4) is 28.8 Å². The minimum Gasteiger partial charge on any atom is -0.493 e. The van der Waals surface area contributed by atoms with E-state index in [1.54, 1.807) is 7.11 Å². The van der Waals surface area contributed by atoms with E-state index in [0.717, 1.165) is 40.8 Å². The molecule has 2 aliphatic rings.